The fourth-order valence-corrected chi connectivity index (χ4v) is 3.92. The van der Waals surface area contributed by atoms with E-state index in [4.69, 9.17) is 5.73 Å². The second-order valence-electron chi connectivity index (χ2n) is 6.26. The van der Waals surface area contributed by atoms with Crippen molar-refractivity contribution in [3.63, 3.8) is 0 Å². The summed E-state index contributed by atoms with van der Waals surface area (Å²) in [5.41, 5.74) is 5.64. The second kappa shape index (κ2) is 8.75. The van der Waals surface area contributed by atoms with Gasteiger partial charge in [-0.05, 0) is 42.3 Å². The summed E-state index contributed by atoms with van der Waals surface area (Å²) in [6.45, 7) is 1.22. The lowest BCUT2D eigenvalue weighted by atomic mass is 10.1. The molecule has 0 fully saturated rings. The average molecular weight is 454 g/mol. The van der Waals surface area contributed by atoms with Gasteiger partial charge in [0, 0.05) is 11.4 Å². The fraction of sp³-hybridized carbons (Fsp3) is 0.111. The smallest absolute Gasteiger partial charge is 0.295 e. The van der Waals surface area contributed by atoms with Crippen molar-refractivity contribution in [2.75, 3.05) is 11.1 Å². The molecule has 0 spiro atoms. The summed E-state index contributed by atoms with van der Waals surface area (Å²) < 4.78 is 65.4. The zero-order valence-corrected chi connectivity index (χ0v) is 17.2. The van der Waals surface area contributed by atoms with E-state index >= 15 is 0 Å². The molecule has 0 saturated heterocycles. The van der Waals surface area contributed by atoms with Crippen LogP contribution in [0.15, 0.2) is 46.2 Å². The van der Waals surface area contributed by atoms with Crippen molar-refractivity contribution in [2.24, 2.45) is 0 Å². The fourth-order valence-electron chi connectivity index (χ4n) is 2.50. The monoisotopic (exact) mass is 454 g/mol. The van der Waals surface area contributed by atoms with E-state index in [2.05, 4.69) is 5.32 Å². The maximum atomic E-state index is 11.8. The Balaban J connectivity index is 2.48. The zero-order valence-electron chi connectivity index (χ0n) is 15.6. The first kappa shape index (κ1) is 23.2. The van der Waals surface area contributed by atoms with Gasteiger partial charge in [-0.3, -0.25) is 18.7 Å². The Bertz CT molecular complexity index is 1250. The zero-order chi connectivity index (χ0) is 22.7. The van der Waals surface area contributed by atoms with Crippen LogP contribution < -0.4 is 11.1 Å². The number of nitrogens with two attached hydrogens (primary N) is 1. The molecule has 30 heavy (non-hydrogen) atoms. The number of hydrogen-bond donors (Lipinski definition) is 4. The van der Waals surface area contributed by atoms with Gasteiger partial charge in [0.1, 0.15) is 15.6 Å². The summed E-state index contributed by atoms with van der Waals surface area (Å²) in [6, 6.07) is 7.29. The van der Waals surface area contributed by atoms with Crippen LogP contribution in [0.5, 0.6) is 0 Å². The molecule has 1 amide bonds. The van der Waals surface area contributed by atoms with Gasteiger partial charge in [0.05, 0.1) is 6.42 Å². The van der Waals surface area contributed by atoms with Gasteiger partial charge < -0.3 is 11.1 Å². The van der Waals surface area contributed by atoms with E-state index in [0.717, 1.165) is 12.1 Å². The van der Waals surface area contributed by atoms with Crippen LogP contribution in [0.4, 0.5) is 11.4 Å². The van der Waals surface area contributed by atoms with Crippen molar-refractivity contribution >= 4 is 55.5 Å². The number of amides is 1. The third kappa shape index (κ3) is 6.22. The molecule has 0 radical (unpaired) electrons. The Morgan fingerprint density at radius 1 is 0.933 bits per heavy atom. The summed E-state index contributed by atoms with van der Waals surface area (Å²) in [6.07, 6.45) is 2.00. The van der Waals surface area contributed by atoms with Gasteiger partial charge >= 0.3 is 0 Å². The third-order valence-corrected chi connectivity index (χ3v) is 5.56. The van der Waals surface area contributed by atoms with Crippen LogP contribution in [0.2, 0.25) is 0 Å². The van der Waals surface area contributed by atoms with E-state index in [1.54, 1.807) is 0 Å². The second-order valence-corrected chi connectivity index (χ2v) is 9.04. The molecule has 12 heteroatoms. The molecule has 0 unspecified atom stereocenters. The molecule has 0 heterocycles. The van der Waals surface area contributed by atoms with Gasteiger partial charge in [-0.1, -0.05) is 24.3 Å². The maximum absolute atomic E-state index is 11.8. The summed E-state index contributed by atoms with van der Waals surface area (Å²) in [5, 5.41) is 2.34. The first-order valence-electron chi connectivity index (χ1n) is 8.23. The molecule has 2 aromatic rings. The minimum absolute atomic E-state index is 0.0202. The Hall–Kier alpha value is -3.06. The first-order valence-corrected chi connectivity index (χ1v) is 11.1. The Kier molecular flexibility index (Phi) is 6.77. The van der Waals surface area contributed by atoms with Gasteiger partial charge in [0.2, 0.25) is 5.91 Å². The minimum Gasteiger partial charge on any atom is -0.399 e. The summed E-state index contributed by atoms with van der Waals surface area (Å²) in [5.74, 6) is -1.05. The van der Waals surface area contributed by atoms with E-state index in [1.165, 1.54) is 43.3 Å². The Morgan fingerprint density at radius 2 is 1.43 bits per heavy atom. The van der Waals surface area contributed by atoms with Crippen LogP contribution in [0.3, 0.4) is 0 Å². The molecule has 2 rings (SSSR count). The molecule has 0 aliphatic carbocycles. The summed E-state index contributed by atoms with van der Waals surface area (Å²) >= 11 is 0. The number of rotatable bonds is 7. The normalized spacial score (nSPS) is 12.1. The molecule has 0 aliphatic heterocycles. The van der Waals surface area contributed by atoms with Gasteiger partial charge in [-0.2, -0.15) is 16.8 Å². The quantitative estimate of drug-likeness (QED) is 0.210. The lowest BCUT2D eigenvalue weighted by molar-refractivity contribution is -0.124. The van der Waals surface area contributed by atoms with Crippen molar-refractivity contribution < 1.29 is 35.5 Å². The molecule has 0 aromatic heterocycles. The molecule has 10 nitrogen and oxygen atoms in total. The molecule has 160 valence electrons. The van der Waals surface area contributed by atoms with Crippen molar-refractivity contribution in [3.8, 4) is 0 Å². The highest BCUT2D eigenvalue weighted by molar-refractivity contribution is 7.86. The lowest BCUT2D eigenvalue weighted by Gasteiger charge is -2.09. The number of carbonyl (C=O) groups is 2. The van der Waals surface area contributed by atoms with E-state index in [-0.39, 0.29) is 28.3 Å². The Morgan fingerprint density at radius 3 is 1.93 bits per heavy atom. The number of ketones is 1. The van der Waals surface area contributed by atoms with Gasteiger partial charge in [0.25, 0.3) is 20.2 Å². The highest BCUT2D eigenvalue weighted by Gasteiger charge is 2.17. The molecule has 0 saturated carbocycles. The van der Waals surface area contributed by atoms with Crippen LogP contribution in [-0.4, -0.2) is 37.6 Å². The standard InChI is InChI=1S/C18H18N2O8S2/c1-11(21)8-18(22)20-15-7-5-13(17(10-15)30(26,27)28)3-2-12-4-6-14(19)9-16(12)29(23,24)25/h2-7,9-10H,8,19H2,1H3,(H,20,22)(H,23,24,25)(H,26,27,28). The SMILES string of the molecule is CC(=O)CC(=O)Nc1ccc(C=Cc2ccc(N)cc2S(=O)(=O)O)c(S(=O)(=O)O)c1. The predicted molar refractivity (Wildman–Crippen MR) is 110 cm³/mol. The van der Waals surface area contributed by atoms with E-state index in [1.807, 2.05) is 0 Å². The summed E-state index contributed by atoms with van der Waals surface area (Å²) in [4.78, 5) is 21.6. The van der Waals surface area contributed by atoms with E-state index in [0.29, 0.717) is 0 Å². The first-order chi connectivity index (χ1) is 13.8. The maximum Gasteiger partial charge on any atom is 0.295 e. The number of carbonyl (C=O) groups excluding carboxylic acids is 2. The van der Waals surface area contributed by atoms with Gasteiger partial charge in [-0.15, -0.1) is 0 Å². The highest BCUT2D eigenvalue weighted by Crippen LogP contribution is 2.25. The number of Topliss-reactive ketones (excluding diaryl/α,β-unsaturated/α-hetero) is 1. The number of nitrogen functional groups attached to an aromatic ring is 1. The van der Waals surface area contributed by atoms with E-state index < -0.39 is 42.4 Å². The highest BCUT2D eigenvalue weighted by atomic mass is 32.2. The number of benzene rings is 2. The van der Waals surface area contributed by atoms with Crippen molar-refractivity contribution in [3.05, 3.63) is 47.5 Å². The number of hydrogen-bond acceptors (Lipinski definition) is 7. The molecular formula is C18H18N2O8S2. The third-order valence-electron chi connectivity index (χ3n) is 3.74. The number of anilines is 2. The van der Waals surface area contributed by atoms with Crippen molar-refractivity contribution in [1.82, 2.24) is 0 Å². The van der Waals surface area contributed by atoms with Gasteiger partial charge in [-0.25, -0.2) is 0 Å². The minimum atomic E-state index is -4.72. The topological polar surface area (TPSA) is 181 Å². The summed E-state index contributed by atoms with van der Waals surface area (Å²) in [7, 11) is -9.32. The van der Waals surface area contributed by atoms with Crippen LogP contribution in [0.1, 0.15) is 24.5 Å². The molecule has 0 atom stereocenters. The van der Waals surface area contributed by atoms with Crippen molar-refractivity contribution in [1.29, 1.82) is 0 Å². The van der Waals surface area contributed by atoms with E-state index in [9.17, 15) is 35.5 Å². The number of nitrogens with one attached hydrogen (secondary N) is 1. The van der Waals surface area contributed by atoms with Crippen LogP contribution in [0, 0.1) is 0 Å². The Labute approximate surface area is 172 Å². The molecule has 2 aromatic carbocycles. The lowest BCUT2D eigenvalue weighted by Crippen LogP contribution is -2.15. The van der Waals surface area contributed by atoms with Crippen LogP contribution in [-0.2, 0) is 29.8 Å². The molecule has 0 bridgehead atoms. The van der Waals surface area contributed by atoms with Crippen molar-refractivity contribution in [2.45, 2.75) is 23.1 Å². The molecule has 0 aliphatic rings. The molecule has 5 N–H and O–H groups in total. The van der Waals surface area contributed by atoms with Crippen LogP contribution >= 0.6 is 0 Å². The van der Waals surface area contributed by atoms with Crippen LogP contribution in [0.25, 0.3) is 12.2 Å². The largest absolute Gasteiger partial charge is 0.399 e. The average Bonchev–Trinajstić information content (AvgIpc) is 2.59. The predicted octanol–water partition coefficient (Wildman–Crippen LogP) is 1.85. The molecular weight excluding hydrogens is 436 g/mol. The van der Waals surface area contributed by atoms with Gasteiger partial charge in [0.15, 0.2) is 0 Å².